The second kappa shape index (κ2) is 9.76. The molecule has 0 bridgehead atoms. The summed E-state index contributed by atoms with van der Waals surface area (Å²) in [5.74, 6) is -2.10. The van der Waals surface area contributed by atoms with E-state index >= 15 is 0 Å². The molecule has 3 rings (SSSR count). The molecule has 30 heavy (non-hydrogen) atoms. The van der Waals surface area contributed by atoms with Crippen molar-refractivity contribution in [3.05, 3.63) is 82.9 Å². The van der Waals surface area contributed by atoms with E-state index in [-0.39, 0.29) is 35.2 Å². The van der Waals surface area contributed by atoms with Gasteiger partial charge in [-0.1, -0.05) is 24.3 Å². The highest BCUT2D eigenvalue weighted by Gasteiger charge is 2.32. The monoisotopic (exact) mass is 414 g/mol. The molecule has 0 saturated heterocycles. The molecule has 158 valence electrons. The van der Waals surface area contributed by atoms with E-state index in [0.717, 1.165) is 23.8 Å². The Morgan fingerprint density at radius 3 is 2.60 bits per heavy atom. The zero-order chi connectivity index (χ0) is 21.7. The van der Waals surface area contributed by atoms with E-state index in [2.05, 4.69) is 0 Å². The van der Waals surface area contributed by atoms with Crippen molar-refractivity contribution < 1.29 is 28.6 Å². The number of aliphatic hydroxyl groups is 1. The molecule has 2 aromatic carbocycles. The van der Waals surface area contributed by atoms with Crippen molar-refractivity contribution in [3.8, 4) is 0 Å². The normalized spacial score (nSPS) is 20.0. The van der Waals surface area contributed by atoms with Gasteiger partial charge in [0.2, 0.25) is 0 Å². The Balaban J connectivity index is 1.58. The van der Waals surface area contributed by atoms with Crippen LogP contribution in [0.15, 0.2) is 54.6 Å². The van der Waals surface area contributed by atoms with Crippen molar-refractivity contribution in [2.75, 3.05) is 0 Å². The summed E-state index contributed by atoms with van der Waals surface area (Å²) in [5.41, 5.74) is 1.29. The quantitative estimate of drug-likeness (QED) is 0.630. The zero-order valence-corrected chi connectivity index (χ0v) is 16.4. The lowest BCUT2D eigenvalue weighted by atomic mass is 9.88. The highest BCUT2D eigenvalue weighted by molar-refractivity contribution is 5.87. The second-order valence-electron chi connectivity index (χ2n) is 7.71. The Morgan fingerprint density at radius 1 is 1.17 bits per heavy atom. The van der Waals surface area contributed by atoms with Crippen LogP contribution in [0.25, 0.3) is 0 Å². The van der Waals surface area contributed by atoms with E-state index in [0.29, 0.717) is 25.7 Å². The average molecular weight is 414 g/mol. The molecule has 0 amide bonds. The lowest BCUT2D eigenvalue weighted by Crippen LogP contribution is -2.15. The van der Waals surface area contributed by atoms with Crippen LogP contribution in [-0.2, 0) is 17.6 Å². The van der Waals surface area contributed by atoms with Gasteiger partial charge in [0.15, 0.2) is 0 Å². The first-order chi connectivity index (χ1) is 14.3. The van der Waals surface area contributed by atoms with Crippen LogP contribution in [0.5, 0.6) is 0 Å². The molecule has 1 aliphatic carbocycles. The number of Topliss-reactive ketones (excluding diaryl/α,β-unsaturated/α-hetero) is 1. The number of carbonyl (C=O) groups excluding carboxylic acids is 1. The van der Waals surface area contributed by atoms with E-state index in [1.165, 1.54) is 0 Å². The highest BCUT2D eigenvalue weighted by Crippen LogP contribution is 2.33. The van der Waals surface area contributed by atoms with E-state index in [1.54, 1.807) is 30.3 Å². The topological polar surface area (TPSA) is 74.6 Å². The number of carbonyl (C=O) groups is 2. The van der Waals surface area contributed by atoms with Crippen LogP contribution in [0.4, 0.5) is 8.78 Å². The number of carboxylic acid groups (broad SMARTS) is 1. The van der Waals surface area contributed by atoms with Crippen molar-refractivity contribution in [2.24, 2.45) is 11.8 Å². The number of rotatable bonds is 8. The number of hydrogen-bond donors (Lipinski definition) is 2. The fourth-order valence-corrected chi connectivity index (χ4v) is 3.94. The van der Waals surface area contributed by atoms with Gasteiger partial charge in [-0.05, 0) is 66.6 Å². The van der Waals surface area contributed by atoms with Crippen LogP contribution in [0.2, 0.25) is 0 Å². The van der Waals surface area contributed by atoms with Gasteiger partial charge in [0.25, 0.3) is 0 Å². The summed E-state index contributed by atoms with van der Waals surface area (Å²) in [7, 11) is 0. The van der Waals surface area contributed by atoms with E-state index in [9.17, 15) is 23.5 Å². The molecule has 0 aromatic heterocycles. The van der Waals surface area contributed by atoms with Crippen molar-refractivity contribution in [2.45, 2.75) is 38.2 Å². The molecule has 0 radical (unpaired) electrons. The number of benzene rings is 2. The number of allylic oxidation sites excluding steroid dienone is 1. The van der Waals surface area contributed by atoms with Gasteiger partial charge in [0, 0.05) is 18.8 Å². The fourth-order valence-electron chi connectivity index (χ4n) is 3.94. The third-order valence-electron chi connectivity index (χ3n) is 5.62. The minimum absolute atomic E-state index is 0.0113. The largest absolute Gasteiger partial charge is 0.478 e. The minimum atomic E-state index is -0.977. The van der Waals surface area contributed by atoms with Crippen LogP contribution in [0.3, 0.4) is 0 Å². The molecule has 3 atom stereocenters. The third kappa shape index (κ3) is 5.60. The number of ketones is 1. The van der Waals surface area contributed by atoms with Crippen LogP contribution in [0, 0.1) is 23.5 Å². The Kier molecular flexibility index (Phi) is 7.11. The predicted molar refractivity (Wildman–Crippen MR) is 108 cm³/mol. The first-order valence-electron chi connectivity index (χ1n) is 9.98. The first kappa shape index (κ1) is 21.8. The van der Waals surface area contributed by atoms with Crippen LogP contribution in [-0.4, -0.2) is 28.1 Å². The van der Waals surface area contributed by atoms with E-state index < -0.39 is 23.7 Å². The molecule has 1 saturated carbocycles. The summed E-state index contributed by atoms with van der Waals surface area (Å²) in [5, 5.41) is 19.2. The Morgan fingerprint density at radius 2 is 1.90 bits per heavy atom. The van der Waals surface area contributed by atoms with Gasteiger partial charge >= 0.3 is 5.97 Å². The molecule has 0 heterocycles. The summed E-state index contributed by atoms with van der Waals surface area (Å²) in [6.07, 6.45) is 4.81. The van der Waals surface area contributed by atoms with Gasteiger partial charge in [-0.2, -0.15) is 0 Å². The van der Waals surface area contributed by atoms with E-state index in [4.69, 9.17) is 5.11 Å². The molecule has 0 aliphatic heterocycles. The maximum Gasteiger partial charge on any atom is 0.335 e. The standard InChI is InChI=1S/C24H24F2O4/c25-19-8-11-22(26)18(13-19)14-20(27)9-6-16-7-12-23(28)21(16)10-3-15-1-4-17(5-2-15)24(29)30/h1-2,4-6,8-9,11,13,16,20-21,27H,3,7,10,12,14H2,(H,29,30). The zero-order valence-electron chi connectivity index (χ0n) is 16.4. The SMILES string of the molecule is O=C(O)c1ccc(CCC2C(=O)CCC2C=CC(O)Cc2cc(F)ccc2F)cc1. The molecule has 2 aromatic rings. The summed E-state index contributed by atoms with van der Waals surface area (Å²) < 4.78 is 27.0. The number of aliphatic hydroxyl groups excluding tert-OH is 1. The third-order valence-corrected chi connectivity index (χ3v) is 5.62. The summed E-state index contributed by atoms with van der Waals surface area (Å²) in [6.45, 7) is 0. The van der Waals surface area contributed by atoms with Gasteiger partial charge < -0.3 is 10.2 Å². The number of halogens is 2. The molecule has 4 nitrogen and oxygen atoms in total. The van der Waals surface area contributed by atoms with Crippen molar-refractivity contribution >= 4 is 11.8 Å². The van der Waals surface area contributed by atoms with Crippen LogP contribution < -0.4 is 0 Å². The molecule has 1 aliphatic rings. The minimum Gasteiger partial charge on any atom is -0.478 e. The number of carboxylic acids is 1. The average Bonchev–Trinajstić information content (AvgIpc) is 3.07. The number of hydrogen-bond acceptors (Lipinski definition) is 3. The van der Waals surface area contributed by atoms with Crippen molar-refractivity contribution in [1.82, 2.24) is 0 Å². The summed E-state index contributed by atoms with van der Waals surface area (Å²) >= 11 is 0. The maximum absolute atomic E-state index is 13.7. The van der Waals surface area contributed by atoms with Gasteiger partial charge in [-0.3, -0.25) is 4.79 Å². The second-order valence-corrected chi connectivity index (χ2v) is 7.71. The first-order valence-corrected chi connectivity index (χ1v) is 9.98. The Hall–Kier alpha value is -2.86. The van der Waals surface area contributed by atoms with Crippen LogP contribution in [0.1, 0.15) is 40.7 Å². The summed E-state index contributed by atoms with van der Waals surface area (Å²) in [6, 6.07) is 9.75. The van der Waals surface area contributed by atoms with E-state index in [1.807, 2.05) is 6.08 Å². The maximum atomic E-state index is 13.7. The lowest BCUT2D eigenvalue weighted by Gasteiger charge is -2.16. The fraction of sp³-hybridized carbons (Fsp3) is 0.333. The molecule has 0 spiro atoms. The van der Waals surface area contributed by atoms with Gasteiger partial charge in [0.1, 0.15) is 17.4 Å². The molecular weight excluding hydrogens is 390 g/mol. The molecular formula is C24H24F2O4. The molecule has 2 N–H and O–H groups in total. The van der Waals surface area contributed by atoms with Gasteiger partial charge in [-0.25, -0.2) is 13.6 Å². The molecule has 1 fully saturated rings. The highest BCUT2D eigenvalue weighted by atomic mass is 19.1. The van der Waals surface area contributed by atoms with Crippen molar-refractivity contribution in [3.63, 3.8) is 0 Å². The summed E-state index contributed by atoms with van der Waals surface area (Å²) in [4.78, 5) is 23.2. The van der Waals surface area contributed by atoms with Crippen molar-refractivity contribution in [1.29, 1.82) is 0 Å². The molecule has 3 unspecified atom stereocenters. The van der Waals surface area contributed by atoms with Gasteiger partial charge in [-0.15, -0.1) is 0 Å². The smallest absolute Gasteiger partial charge is 0.335 e. The number of aromatic carboxylic acids is 1. The molecule has 6 heteroatoms. The van der Waals surface area contributed by atoms with Crippen LogP contribution >= 0.6 is 0 Å². The Bertz CT molecular complexity index is 937. The predicted octanol–water partition coefficient (Wildman–Crippen LogP) is 4.35. The number of aryl methyl sites for hydroxylation is 1. The Labute approximate surface area is 173 Å². The van der Waals surface area contributed by atoms with Gasteiger partial charge in [0.05, 0.1) is 11.7 Å². The lowest BCUT2D eigenvalue weighted by molar-refractivity contribution is -0.121.